The Kier molecular flexibility index (Phi) is 11.4. The van der Waals surface area contributed by atoms with Gasteiger partial charge in [0.25, 0.3) is 0 Å². The molecule has 0 saturated heterocycles. The molecule has 0 radical (unpaired) electrons. The zero-order valence-electron chi connectivity index (χ0n) is 15.9. The Morgan fingerprint density at radius 2 is 1.59 bits per heavy atom. The maximum absolute atomic E-state index is 12.3. The lowest BCUT2D eigenvalue weighted by molar-refractivity contribution is -0.141. The van der Waals surface area contributed by atoms with E-state index in [0.29, 0.717) is 6.42 Å². The number of nitrogens with two attached hydrogens (primary N) is 3. The third kappa shape index (κ3) is 11.8. The van der Waals surface area contributed by atoms with Crippen molar-refractivity contribution in [1.29, 1.82) is 0 Å². The number of nitrogens with one attached hydrogen (secondary N) is 3. The van der Waals surface area contributed by atoms with Gasteiger partial charge in [-0.25, -0.2) is 0 Å². The molecule has 11 N–H and O–H groups in total. The molecule has 0 spiro atoms. The van der Waals surface area contributed by atoms with Crippen LogP contribution in [0.5, 0.6) is 0 Å². The van der Waals surface area contributed by atoms with Gasteiger partial charge in [0.15, 0.2) is 5.96 Å². The van der Waals surface area contributed by atoms with Gasteiger partial charge in [0.05, 0.1) is 12.5 Å². The highest BCUT2D eigenvalue weighted by Gasteiger charge is 2.28. The maximum Gasteiger partial charge on any atom is 0.322 e. The van der Waals surface area contributed by atoms with Gasteiger partial charge in [-0.05, 0) is 19.8 Å². The van der Waals surface area contributed by atoms with Crippen LogP contribution in [0, 0.1) is 0 Å². The van der Waals surface area contributed by atoms with Gasteiger partial charge in [-0.2, -0.15) is 0 Å². The summed E-state index contributed by atoms with van der Waals surface area (Å²) in [5.41, 5.74) is 16.0. The Morgan fingerprint density at radius 1 is 0.966 bits per heavy atom. The van der Waals surface area contributed by atoms with E-state index >= 15 is 0 Å². The van der Waals surface area contributed by atoms with E-state index in [4.69, 9.17) is 27.4 Å². The zero-order chi connectivity index (χ0) is 22.6. The molecular formula is C15H27N7O7. The second-order valence-corrected chi connectivity index (χ2v) is 6.06. The second kappa shape index (κ2) is 12.9. The number of carboxylic acid groups (broad SMARTS) is 2. The number of carbonyl (C=O) groups excluding carboxylic acids is 3. The van der Waals surface area contributed by atoms with E-state index in [1.54, 1.807) is 0 Å². The minimum atomic E-state index is -1.49. The van der Waals surface area contributed by atoms with Crippen LogP contribution >= 0.6 is 0 Å². The Hall–Kier alpha value is -3.42. The number of nitrogens with zero attached hydrogens (tertiary/aromatic N) is 1. The van der Waals surface area contributed by atoms with E-state index in [-0.39, 0.29) is 18.9 Å². The fraction of sp³-hybridized carbons (Fsp3) is 0.600. The van der Waals surface area contributed by atoms with Crippen molar-refractivity contribution in [3.63, 3.8) is 0 Å². The van der Waals surface area contributed by atoms with E-state index < -0.39 is 60.8 Å². The number of hydrogen-bond donors (Lipinski definition) is 8. The van der Waals surface area contributed by atoms with Crippen LogP contribution in [0.4, 0.5) is 0 Å². The predicted octanol–water partition coefficient (Wildman–Crippen LogP) is -3.97. The molecule has 164 valence electrons. The van der Waals surface area contributed by atoms with E-state index in [1.807, 2.05) is 0 Å². The number of carbonyl (C=O) groups is 5. The highest BCUT2D eigenvalue weighted by Crippen LogP contribution is 2.00. The van der Waals surface area contributed by atoms with Crippen molar-refractivity contribution in [1.82, 2.24) is 16.0 Å². The Balaban J connectivity index is 4.80. The highest BCUT2D eigenvalue weighted by atomic mass is 16.4. The van der Waals surface area contributed by atoms with Crippen LogP contribution < -0.4 is 33.2 Å². The maximum atomic E-state index is 12.3. The number of guanidine groups is 1. The van der Waals surface area contributed by atoms with E-state index in [2.05, 4.69) is 20.9 Å². The van der Waals surface area contributed by atoms with Crippen molar-refractivity contribution in [2.75, 3.05) is 13.1 Å². The van der Waals surface area contributed by atoms with Crippen molar-refractivity contribution in [3.05, 3.63) is 0 Å². The Morgan fingerprint density at radius 3 is 2.10 bits per heavy atom. The molecule has 0 rings (SSSR count). The molecule has 29 heavy (non-hydrogen) atoms. The standard InChI is InChI=1S/C15H27N7O7/c1-7(12(27)20-6-11(25)26)21-14(29)9(5-10(23)24)22-13(28)8(16)3-2-4-19-15(17)18/h7-9H,2-6,16H2,1H3,(H,20,27)(H,21,29)(H,22,28)(H,23,24)(H,25,26)(H4,17,18,19). The monoisotopic (exact) mass is 417 g/mol. The first kappa shape index (κ1) is 25.6. The summed E-state index contributed by atoms with van der Waals surface area (Å²) in [5, 5.41) is 24.0. The summed E-state index contributed by atoms with van der Waals surface area (Å²) >= 11 is 0. The van der Waals surface area contributed by atoms with Crippen LogP contribution in [0.25, 0.3) is 0 Å². The molecule has 3 unspecified atom stereocenters. The first-order valence-electron chi connectivity index (χ1n) is 8.57. The van der Waals surface area contributed by atoms with Gasteiger partial charge in [-0.3, -0.25) is 29.0 Å². The van der Waals surface area contributed by atoms with Crippen LogP contribution in [0.15, 0.2) is 4.99 Å². The molecule has 0 aromatic rings. The van der Waals surface area contributed by atoms with Crippen molar-refractivity contribution in [3.8, 4) is 0 Å². The largest absolute Gasteiger partial charge is 0.481 e. The van der Waals surface area contributed by atoms with Crippen molar-refractivity contribution in [2.45, 2.75) is 44.3 Å². The number of amides is 3. The van der Waals surface area contributed by atoms with Crippen LogP contribution in [0.2, 0.25) is 0 Å². The predicted molar refractivity (Wildman–Crippen MR) is 100 cm³/mol. The molecule has 3 atom stereocenters. The summed E-state index contributed by atoms with van der Waals surface area (Å²) in [7, 11) is 0. The number of rotatable bonds is 13. The van der Waals surface area contributed by atoms with Gasteiger partial charge in [-0.1, -0.05) is 0 Å². The summed E-state index contributed by atoms with van der Waals surface area (Å²) in [4.78, 5) is 61.3. The third-order valence-electron chi connectivity index (χ3n) is 3.48. The average Bonchev–Trinajstić information content (AvgIpc) is 2.61. The highest BCUT2D eigenvalue weighted by molar-refractivity contribution is 5.95. The zero-order valence-corrected chi connectivity index (χ0v) is 15.9. The number of carboxylic acids is 2. The van der Waals surface area contributed by atoms with Gasteiger partial charge in [0.1, 0.15) is 18.6 Å². The van der Waals surface area contributed by atoms with E-state index in [1.165, 1.54) is 6.92 Å². The van der Waals surface area contributed by atoms with Crippen molar-refractivity contribution >= 4 is 35.6 Å². The van der Waals surface area contributed by atoms with E-state index in [0.717, 1.165) is 0 Å². The smallest absolute Gasteiger partial charge is 0.322 e. The quantitative estimate of drug-likeness (QED) is 0.0819. The summed E-state index contributed by atoms with van der Waals surface area (Å²) in [6.45, 7) is 0.860. The molecule has 14 heteroatoms. The second-order valence-electron chi connectivity index (χ2n) is 6.06. The van der Waals surface area contributed by atoms with Crippen LogP contribution in [0.3, 0.4) is 0 Å². The van der Waals surface area contributed by atoms with Gasteiger partial charge < -0.3 is 43.4 Å². The minimum absolute atomic E-state index is 0.109. The van der Waals surface area contributed by atoms with Crippen LogP contribution in [-0.4, -0.2) is 77.0 Å². The molecule has 0 bridgehead atoms. The topological polar surface area (TPSA) is 252 Å². The SMILES string of the molecule is CC(NC(=O)C(CC(=O)O)NC(=O)C(N)CCCN=C(N)N)C(=O)NCC(=O)O. The van der Waals surface area contributed by atoms with Crippen molar-refractivity contribution in [2.24, 2.45) is 22.2 Å². The number of aliphatic imine (C=N–C) groups is 1. The number of aliphatic carboxylic acids is 2. The molecule has 0 aliphatic carbocycles. The fourth-order valence-electron chi connectivity index (χ4n) is 2.01. The lowest BCUT2D eigenvalue weighted by Gasteiger charge is -2.21. The third-order valence-corrected chi connectivity index (χ3v) is 3.48. The van der Waals surface area contributed by atoms with Crippen LogP contribution in [-0.2, 0) is 24.0 Å². The van der Waals surface area contributed by atoms with Gasteiger partial charge in [-0.15, -0.1) is 0 Å². The van der Waals surface area contributed by atoms with Gasteiger partial charge in [0.2, 0.25) is 17.7 Å². The Bertz CT molecular complexity index is 649. The van der Waals surface area contributed by atoms with E-state index in [9.17, 15) is 24.0 Å². The summed E-state index contributed by atoms with van der Waals surface area (Å²) < 4.78 is 0. The normalized spacial score (nSPS) is 13.3. The summed E-state index contributed by atoms with van der Waals surface area (Å²) in [5.74, 6) is -5.25. The summed E-state index contributed by atoms with van der Waals surface area (Å²) in [6.07, 6.45) is -0.192. The summed E-state index contributed by atoms with van der Waals surface area (Å²) in [6, 6.07) is -3.69. The molecule has 0 saturated carbocycles. The number of hydrogen-bond acceptors (Lipinski definition) is 7. The first-order valence-corrected chi connectivity index (χ1v) is 8.57. The molecular weight excluding hydrogens is 390 g/mol. The first-order chi connectivity index (χ1) is 13.4. The van der Waals surface area contributed by atoms with Crippen LogP contribution in [0.1, 0.15) is 26.2 Å². The Labute approximate surface area is 166 Å². The molecule has 3 amide bonds. The molecule has 14 nitrogen and oxygen atoms in total. The molecule has 0 aliphatic rings. The molecule has 0 aromatic carbocycles. The van der Waals surface area contributed by atoms with Gasteiger partial charge in [0, 0.05) is 6.54 Å². The minimum Gasteiger partial charge on any atom is -0.481 e. The lowest BCUT2D eigenvalue weighted by atomic mass is 10.1. The average molecular weight is 417 g/mol. The molecule has 0 aromatic heterocycles. The fourth-order valence-corrected chi connectivity index (χ4v) is 2.01. The molecule has 0 aliphatic heterocycles. The van der Waals surface area contributed by atoms with Crippen molar-refractivity contribution < 1.29 is 34.2 Å². The molecule has 0 fully saturated rings. The molecule has 0 heterocycles. The lowest BCUT2D eigenvalue weighted by Crippen LogP contribution is -2.55. The van der Waals surface area contributed by atoms with Gasteiger partial charge >= 0.3 is 11.9 Å².